The molecule has 7 nitrogen and oxygen atoms in total. The first-order valence-corrected chi connectivity index (χ1v) is 11.5. The Morgan fingerprint density at radius 1 is 1.03 bits per heavy atom. The lowest BCUT2D eigenvalue weighted by Crippen LogP contribution is -2.29. The Balaban J connectivity index is 1.54. The summed E-state index contributed by atoms with van der Waals surface area (Å²) >= 11 is 0. The maximum absolute atomic E-state index is 13.6. The summed E-state index contributed by atoms with van der Waals surface area (Å²) in [7, 11) is 0. The molecule has 0 unspecified atom stereocenters. The van der Waals surface area contributed by atoms with E-state index in [0.717, 1.165) is 54.1 Å². The van der Waals surface area contributed by atoms with E-state index in [2.05, 4.69) is 20.2 Å². The minimum Gasteiger partial charge on any atom is -0.394 e. The van der Waals surface area contributed by atoms with Crippen LogP contribution in [0.1, 0.15) is 30.5 Å². The second-order valence-electron chi connectivity index (χ2n) is 8.39. The van der Waals surface area contributed by atoms with Gasteiger partial charge in [-0.25, -0.2) is 19.3 Å². The van der Waals surface area contributed by atoms with Gasteiger partial charge in [-0.1, -0.05) is 30.3 Å². The van der Waals surface area contributed by atoms with Gasteiger partial charge in [-0.05, 0) is 61.8 Å². The third-order valence-corrected chi connectivity index (χ3v) is 6.20. The number of anilines is 1. The van der Waals surface area contributed by atoms with Gasteiger partial charge in [-0.15, -0.1) is 0 Å². The average Bonchev–Trinajstić information content (AvgIpc) is 3.34. The Morgan fingerprint density at radius 2 is 1.79 bits per heavy atom. The Kier molecular flexibility index (Phi) is 6.60. The third kappa shape index (κ3) is 4.69. The normalized spacial score (nSPS) is 15.2. The molecule has 2 aromatic heterocycles. The fourth-order valence-electron chi connectivity index (χ4n) is 4.43. The number of aromatic nitrogens is 4. The molecule has 1 saturated heterocycles. The molecule has 1 aliphatic rings. The van der Waals surface area contributed by atoms with Gasteiger partial charge in [0.25, 0.3) is 0 Å². The summed E-state index contributed by atoms with van der Waals surface area (Å²) in [5.41, 5.74) is 4.13. The molecular weight excluding hydrogens is 431 g/mol. The van der Waals surface area contributed by atoms with E-state index in [1.807, 2.05) is 42.7 Å². The smallest absolute Gasteiger partial charge is 0.223 e. The van der Waals surface area contributed by atoms with Crippen molar-refractivity contribution in [3.8, 4) is 22.6 Å². The van der Waals surface area contributed by atoms with Crippen LogP contribution in [0.5, 0.6) is 0 Å². The van der Waals surface area contributed by atoms with E-state index < -0.39 is 0 Å². The topological polar surface area (TPSA) is 87.9 Å². The largest absolute Gasteiger partial charge is 0.394 e. The fourth-order valence-corrected chi connectivity index (χ4v) is 4.43. The van der Waals surface area contributed by atoms with Gasteiger partial charge >= 0.3 is 0 Å². The van der Waals surface area contributed by atoms with Gasteiger partial charge in [-0.2, -0.15) is 0 Å². The van der Waals surface area contributed by atoms with Crippen molar-refractivity contribution in [1.82, 2.24) is 24.8 Å². The molecule has 0 spiro atoms. The van der Waals surface area contributed by atoms with E-state index in [9.17, 15) is 9.50 Å². The SMILES string of the molecule is OC[C@@H](Nc1nccc(-c2c(-c3ccc(F)cc3)ncn2C2CCNCC2)n1)c1ccccc1. The predicted octanol–water partition coefficient (Wildman–Crippen LogP) is 4.22. The van der Waals surface area contributed by atoms with Crippen LogP contribution in [0.3, 0.4) is 0 Å². The van der Waals surface area contributed by atoms with Crippen LogP contribution >= 0.6 is 0 Å². The summed E-state index contributed by atoms with van der Waals surface area (Å²) in [5.74, 6) is 0.135. The summed E-state index contributed by atoms with van der Waals surface area (Å²) in [6.45, 7) is 1.80. The van der Waals surface area contributed by atoms with Crippen LogP contribution in [-0.4, -0.2) is 44.3 Å². The number of imidazole rings is 1. The molecule has 1 atom stereocenters. The molecule has 174 valence electrons. The molecule has 0 aliphatic carbocycles. The number of rotatable bonds is 7. The van der Waals surface area contributed by atoms with Crippen molar-refractivity contribution in [2.45, 2.75) is 24.9 Å². The van der Waals surface area contributed by atoms with Crippen molar-refractivity contribution in [2.24, 2.45) is 0 Å². The van der Waals surface area contributed by atoms with E-state index in [4.69, 9.17) is 9.97 Å². The van der Waals surface area contributed by atoms with Crippen LogP contribution in [0.2, 0.25) is 0 Å². The molecule has 5 rings (SSSR count). The van der Waals surface area contributed by atoms with Crippen LogP contribution in [0.25, 0.3) is 22.6 Å². The van der Waals surface area contributed by atoms with Gasteiger partial charge in [0.15, 0.2) is 0 Å². The first kappa shape index (κ1) is 22.2. The molecule has 3 heterocycles. The van der Waals surface area contributed by atoms with E-state index in [0.29, 0.717) is 12.0 Å². The number of nitrogens with zero attached hydrogens (tertiary/aromatic N) is 4. The second-order valence-corrected chi connectivity index (χ2v) is 8.39. The van der Waals surface area contributed by atoms with Crippen molar-refractivity contribution in [2.75, 3.05) is 25.0 Å². The maximum atomic E-state index is 13.6. The third-order valence-electron chi connectivity index (χ3n) is 6.20. The zero-order chi connectivity index (χ0) is 23.3. The Labute approximate surface area is 197 Å². The van der Waals surface area contributed by atoms with Gasteiger partial charge in [0.05, 0.1) is 36.1 Å². The van der Waals surface area contributed by atoms with Crippen molar-refractivity contribution >= 4 is 5.95 Å². The van der Waals surface area contributed by atoms with Crippen LogP contribution in [0.15, 0.2) is 73.2 Å². The summed E-state index contributed by atoms with van der Waals surface area (Å²) in [6, 6.07) is 17.9. The molecule has 1 fully saturated rings. The zero-order valence-corrected chi connectivity index (χ0v) is 18.7. The molecule has 4 aromatic rings. The minimum atomic E-state index is -0.331. The van der Waals surface area contributed by atoms with Crippen LogP contribution < -0.4 is 10.6 Å². The first-order valence-electron chi connectivity index (χ1n) is 11.5. The molecule has 0 saturated carbocycles. The summed E-state index contributed by atoms with van der Waals surface area (Å²) in [4.78, 5) is 13.9. The number of benzene rings is 2. The zero-order valence-electron chi connectivity index (χ0n) is 18.7. The number of halogens is 1. The van der Waals surface area contributed by atoms with Crippen molar-refractivity contribution < 1.29 is 9.50 Å². The van der Waals surface area contributed by atoms with Gasteiger partial charge in [0.1, 0.15) is 5.82 Å². The van der Waals surface area contributed by atoms with E-state index >= 15 is 0 Å². The standard InChI is InChI=1S/C26H27FN6O/c27-20-8-6-19(7-9-20)24-25(33(17-30-24)21-10-13-28-14-11-21)22-12-15-29-26(31-22)32-23(16-34)18-4-2-1-3-5-18/h1-9,12,15,17,21,23,28,34H,10-11,13-14,16H2,(H,29,31,32)/t23-/m1/s1. The number of hydrogen-bond acceptors (Lipinski definition) is 6. The highest BCUT2D eigenvalue weighted by atomic mass is 19.1. The average molecular weight is 459 g/mol. The summed E-state index contributed by atoms with van der Waals surface area (Å²) in [5, 5.41) is 16.6. The predicted molar refractivity (Wildman–Crippen MR) is 130 cm³/mol. The highest BCUT2D eigenvalue weighted by Crippen LogP contribution is 2.35. The summed E-state index contributed by atoms with van der Waals surface area (Å²) < 4.78 is 15.8. The highest BCUT2D eigenvalue weighted by Gasteiger charge is 2.24. The molecule has 3 N–H and O–H groups in total. The Morgan fingerprint density at radius 3 is 2.53 bits per heavy atom. The monoisotopic (exact) mass is 458 g/mol. The number of piperidine rings is 1. The van der Waals surface area contributed by atoms with Crippen molar-refractivity contribution in [1.29, 1.82) is 0 Å². The van der Waals surface area contributed by atoms with Crippen molar-refractivity contribution in [3.63, 3.8) is 0 Å². The Hall–Kier alpha value is -3.62. The van der Waals surface area contributed by atoms with Crippen molar-refractivity contribution in [3.05, 3.63) is 84.6 Å². The van der Waals surface area contributed by atoms with Crippen LogP contribution in [-0.2, 0) is 0 Å². The van der Waals surface area contributed by atoms with Crippen LogP contribution in [0.4, 0.5) is 10.3 Å². The lowest BCUT2D eigenvalue weighted by Gasteiger charge is -2.26. The molecule has 8 heteroatoms. The molecule has 2 aromatic carbocycles. The van der Waals surface area contributed by atoms with E-state index in [-0.39, 0.29) is 18.5 Å². The van der Waals surface area contributed by atoms with Crippen LogP contribution in [0, 0.1) is 5.82 Å². The fraction of sp³-hybridized carbons (Fsp3) is 0.269. The minimum absolute atomic E-state index is 0.0918. The molecule has 0 bridgehead atoms. The van der Waals surface area contributed by atoms with Gasteiger partial charge in [0, 0.05) is 17.8 Å². The number of nitrogens with one attached hydrogen (secondary N) is 2. The maximum Gasteiger partial charge on any atom is 0.223 e. The second kappa shape index (κ2) is 10.1. The van der Waals surface area contributed by atoms with Gasteiger partial charge in [-0.3, -0.25) is 0 Å². The molecule has 1 aliphatic heterocycles. The lowest BCUT2D eigenvalue weighted by molar-refractivity contribution is 0.276. The first-order chi connectivity index (χ1) is 16.7. The summed E-state index contributed by atoms with van der Waals surface area (Å²) in [6.07, 6.45) is 5.55. The highest BCUT2D eigenvalue weighted by molar-refractivity contribution is 5.77. The number of hydrogen-bond donors (Lipinski definition) is 3. The number of aliphatic hydroxyl groups is 1. The molecule has 0 amide bonds. The number of aliphatic hydroxyl groups excluding tert-OH is 1. The molecular formula is C26H27FN6O. The van der Waals surface area contributed by atoms with Gasteiger partial charge < -0.3 is 20.3 Å². The molecule has 0 radical (unpaired) electrons. The Bertz CT molecular complexity index is 1220. The molecule has 34 heavy (non-hydrogen) atoms. The quantitative estimate of drug-likeness (QED) is 0.384. The van der Waals surface area contributed by atoms with E-state index in [1.54, 1.807) is 18.3 Å². The van der Waals surface area contributed by atoms with E-state index in [1.165, 1.54) is 12.1 Å². The lowest BCUT2D eigenvalue weighted by atomic mass is 10.0. The van der Waals surface area contributed by atoms with Gasteiger partial charge in [0.2, 0.25) is 5.95 Å².